The lowest BCUT2D eigenvalue weighted by Crippen LogP contribution is -2.41. The fourth-order valence-electron chi connectivity index (χ4n) is 11.1. The van der Waals surface area contributed by atoms with Crippen LogP contribution in [0.2, 0.25) is 0 Å². The SMILES string of the molecule is COc1ccc(-c2nc3c4cc(-c5sc(Br)cc5C)ccc4c4ccc(-c5sc(Br)cc5C)cc4c3n2C)cc1.COc1ccc(-c2nc3c4cc(Br)ccc4c4ccc(Br)cc4c3n2C)cc1.Cc1ccsc1B1OC(C)(C)C(C)(C)O1. The number of methoxy groups -OCH3 is 2. The number of imidazole rings is 2. The summed E-state index contributed by atoms with van der Waals surface area (Å²) >= 11 is 19.9. The number of benzene rings is 8. The second-order valence-electron chi connectivity index (χ2n) is 21.9. The third-order valence-electron chi connectivity index (χ3n) is 16.2. The summed E-state index contributed by atoms with van der Waals surface area (Å²) in [6.45, 7) is 14.8. The van der Waals surface area contributed by atoms with Crippen LogP contribution in [0.3, 0.4) is 0 Å². The van der Waals surface area contributed by atoms with Crippen LogP contribution < -0.4 is 14.3 Å². The van der Waals surface area contributed by atoms with Crippen molar-refractivity contribution in [3.63, 3.8) is 0 Å². The number of fused-ring (bicyclic) bond motifs is 12. The van der Waals surface area contributed by atoms with Crippen LogP contribution in [0.1, 0.15) is 44.4 Å². The van der Waals surface area contributed by atoms with Crippen LogP contribution in [-0.4, -0.2) is 51.6 Å². The molecule has 0 aliphatic carbocycles. The Labute approximate surface area is 529 Å². The minimum atomic E-state index is -0.242. The largest absolute Gasteiger partial charge is 0.505 e. The average molecular weight is 1410 g/mol. The van der Waals surface area contributed by atoms with Gasteiger partial charge in [-0.15, -0.1) is 22.7 Å². The topological polar surface area (TPSA) is 72.6 Å². The quantitative estimate of drug-likeness (QED) is 0.117. The van der Waals surface area contributed by atoms with Gasteiger partial charge in [-0.25, -0.2) is 9.97 Å². The van der Waals surface area contributed by atoms with Crippen LogP contribution in [0.4, 0.5) is 0 Å². The average Bonchev–Trinajstić information content (AvgIpc) is 1.94. The van der Waals surface area contributed by atoms with Crippen molar-refractivity contribution in [1.29, 1.82) is 0 Å². The molecule has 1 saturated heterocycles. The molecule has 1 aliphatic rings. The molecule has 5 aromatic heterocycles. The Morgan fingerprint density at radius 1 is 0.458 bits per heavy atom. The normalized spacial score (nSPS) is 13.8. The Kier molecular flexibility index (Phi) is 15.8. The van der Waals surface area contributed by atoms with E-state index in [0.717, 1.165) is 78.2 Å². The van der Waals surface area contributed by atoms with Crippen LogP contribution in [0.5, 0.6) is 11.5 Å². The van der Waals surface area contributed by atoms with Gasteiger partial charge in [-0.3, -0.25) is 0 Å². The van der Waals surface area contributed by atoms with E-state index in [4.69, 9.17) is 28.8 Å². The number of aryl methyl sites for hydroxylation is 5. The standard InChI is InChI=1S/C33H24Br2N2OS2.C23H16Br2N2O.C11H17BO2S/c1-17-13-27(34)39-31(17)20-7-11-23-24-12-8-21(32-18(2)14-28(35)40-32)16-26(24)30-29(25(23)15-20)36-33(37(30)3)19-5-9-22(38-4)10-6-19;1-27-22-20-12-15(25)6-10-18(20)17-9-5-14(24)11-19(17)21(22)26-23(27)13-3-7-16(28-2)8-4-13;1-8-6-7-15-9(8)12-13-10(2,3)11(4,5)14-12/h5-16H,1-4H3;3-12H,1-2H3;6-7H,1-5H3. The van der Waals surface area contributed by atoms with Gasteiger partial charge >= 0.3 is 7.12 Å². The molecule has 8 nitrogen and oxygen atoms in total. The van der Waals surface area contributed by atoms with E-state index in [1.807, 2.05) is 24.3 Å². The van der Waals surface area contributed by atoms with Crippen molar-refractivity contribution in [2.24, 2.45) is 14.1 Å². The summed E-state index contributed by atoms with van der Waals surface area (Å²) in [5, 5.41) is 11.7. The Hall–Kier alpha value is -5.66. The van der Waals surface area contributed by atoms with Crippen molar-refractivity contribution in [2.75, 3.05) is 14.2 Å². The van der Waals surface area contributed by atoms with Crippen molar-refractivity contribution < 1.29 is 18.8 Å². The molecule has 418 valence electrons. The van der Waals surface area contributed by atoms with Crippen molar-refractivity contribution >= 4 is 175 Å². The summed E-state index contributed by atoms with van der Waals surface area (Å²) in [5.74, 6) is 3.55. The highest BCUT2D eigenvalue weighted by Gasteiger charge is 2.52. The van der Waals surface area contributed by atoms with Gasteiger partial charge in [0, 0.05) is 70.2 Å². The molecule has 0 atom stereocenters. The number of thiophene rings is 3. The smallest absolute Gasteiger partial charge is 0.497 e. The lowest BCUT2D eigenvalue weighted by Gasteiger charge is -2.32. The molecule has 0 amide bonds. The maximum Gasteiger partial charge on any atom is 0.505 e. The third-order valence-corrected chi connectivity index (χ3v) is 21.8. The molecule has 1 aliphatic heterocycles. The van der Waals surface area contributed by atoms with Gasteiger partial charge in [-0.05, 0) is 238 Å². The second kappa shape index (κ2) is 22.6. The predicted octanol–water partition coefficient (Wildman–Crippen LogP) is 20.6. The summed E-state index contributed by atoms with van der Waals surface area (Å²) in [4.78, 5) is 13.0. The monoisotopic (exact) mass is 1400 g/mol. The number of halogens is 4. The summed E-state index contributed by atoms with van der Waals surface area (Å²) in [7, 11) is 7.38. The predicted molar refractivity (Wildman–Crippen MR) is 367 cm³/mol. The van der Waals surface area contributed by atoms with Crippen molar-refractivity contribution in [1.82, 2.24) is 19.1 Å². The molecule has 13 aromatic rings. The van der Waals surface area contributed by atoms with Crippen LogP contribution in [0.15, 0.2) is 161 Å². The molecular formula is C67H57BBr4N4O4S3. The van der Waals surface area contributed by atoms with Gasteiger partial charge in [0.2, 0.25) is 0 Å². The minimum Gasteiger partial charge on any atom is -0.497 e. The lowest BCUT2D eigenvalue weighted by molar-refractivity contribution is 0.00578. The molecule has 8 aromatic carbocycles. The van der Waals surface area contributed by atoms with Crippen molar-refractivity contribution in [3.8, 4) is 55.2 Å². The Bertz CT molecular complexity index is 4660. The molecule has 0 saturated carbocycles. The summed E-state index contributed by atoms with van der Waals surface area (Å²) < 4.78 is 32.7. The second-order valence-corrected chi connectivity index (χ2v) is 29.6. The van der Waals surface area contributed by atoms with Gasteiger partial charge in [0.1, 0.15) is 23.1 Å². The van der Waals surface area contributed by atoms with Crippen molar-refractivity contribution in [2.45, 2.75) is 59.7 Å². The van der Waals surface area contributed by atoms with Gasteiger partial charge in [0.25, 0.3) is 0 Å². The molecule has 0 bridgehead atoms. The van der Waals surface area contributed by atoms with E-state index < -0.39 is 0 Å². The molecule has 0 N–H and O–H groups in total. The number of ether oxygens (including phenoxy) is 2. The van der Waals surface area contributed by atoms with Gasteiger partial charge in [-0.2, -0.15) is 11.3 Å². The maximum absolute atomic E-state index is 5.98. The van der Waals surface area contributed by atoms with E-state index in [9.17, 15) is 0 Å². The van der Waals surface area contributed by atoms with Gasteiger partial charge in [-0.1, -0.05) is 68.3 Å². The molecule has 1 fully saturated rings. The fraction of sp³-hybridized carbons (Fsp3) is 0.194. The maximum atomic E-state index is 5.98. The highest BCUT2D eigenvalue weighted by atomic mass is 79.9. The van der Waals surface area contributed by atoms with Crippen molar-refractivity contribution in [3.05, 3.63) is 178 Å². The van der Waals surface area contributed by atoms with Crippen LogP contribution in [0, 0.1) is 20.8 Å². The summed E-state index contributed by atoms with van der Waals surface area (Å²) in [5.41, 5.74) is 12.2. The van der Waals surface area contributed by atoms with Gasteiger partial charge in [0.05, 0.1) is 55.1 Å². The number of nitrogens with zero attached hydrogens (tertiary/aromatic N) is 4. The Balaban J connectivity index is 0.000000136. The first-order valence-electron chi connectivity index (χ1n) is 27.0. The summed E-state index contributed by atoms with van der Waals surface area (Å²) in [6.07, 6.45) is 0. The van der Waals surface area contributed by atoms with Gasteiger partial charge < -0.3 is 27.9 Å². The van der Waals surface area contributed by atoms with Crippen LogP contribution in [-0.2, 0) is 23.4 Å². The number of hydrogen-bond acceptors (Lipinski definition) is 9. The number of aromatic nitrogens is 4. The summed E-state index contributed by atoms with van der Waals surface area (Å²) in [6, 6.07) is 49.3. The molecule has 0 radical (unpaired) electrons. The Morgan fingerprint density at radius 2 is 0.843 bits per heavy atom. The highest BCUT2D eigenvalue weighted by Crippen LogP contribution is 2.45. The van der Waals surface area contributed by atoms with Crippen LogP contribution >= 0.6 is 97.7 Å². The van der Waals surface area contributed by atoms with E-state index in [1.165, 1.54) is 80.1 Å². The first-order chi connectivity index (χ1) is 39.7. The minimum absolute atomic E-state index is 0.199. The van der Waals surface area contributed by atoms with E-state index in [1.54, 1.807) is 48.2 Å². The number of hydrogen-bond donors (Lipinski definition) is 0. The van der Waals surface area contributed by atoms with E-state index in [2.05, 4.69) is 256 Å². The zero-order valence-corrected chi connectivity index (χ0v) is 56.4. The van der Waals surface area contributed by atoms with E-state index >= 15 is 0 Å². The number of rotatable bonds is 7. The van der Waals surface area contributed by atoms with E-state index in [-0.39, 0.29) is 18.3 Å². The third kappa shape index (κ3) is 10.6. The molecule has 6 heterocycles. The molecule has 16 heteroatoms. The van der Waals surface area contributed by atoms with Crippen LogP contribution in [0.25, 0.3) is 109 Å². The molecule has 14 rings (SSSR count). The van der Waals surface area contributed by atoms with E-state index in [0.29, 0.717) is 0 Å². The molecular weight excluding hydrogens is 1350 g/mol. The fourth-order valence-corrected chi connectivity index (χ4v) is 16.2. The zero-order chi connectivity index (χ0) is 58.4. The Morgan fingerprint density at radius 3 is 1.25 bits per heavy atom. The first kappa shape index (κ1) is 57.8. The highest BCUT2D eigenvalue weighted by molar-refractivity contribution is 9.11. The van der Waals surface area contributed by atoms with Gasteiger partial charge in [0.15, 0.2) is 0 Å². The zero-order valence-electron chi connectivity index (χ0n) is 47.6. The molecule has 83 heavy (non-hydrogen) atoms. The molecule has 0 spiro atoms. The molecule has 0 unspecified atom stereocenters. The first-order valence-corrected chi connectivity index (χ1v) is 32.6. The lowest BCUT2D eigenvalue weighted by atomic mass is 9.85.